The monoisotopic (exact) mass is 676 g/mol. The average molecular weight is 677 g/mol. The molecule has 4 unspecified atom stereocenters. The third kappa shape index (κ3) is 14.7. The first-order chi connectivity index (χ1) is 21.7. The molecule has 1 aliphatic rings. The summed E-state index contributed by atoms with van der Waals surface area (Å²) >= 11 is 4.42. The lowest BCUT2D eigenvalue weighted by molar-refractivity contribution is -0.159. The molecule has 2 rings (SSSR count). The molecule has 0 radical (unpaired) electrons. The number of carbonyl (C=O) groups is 2. The van der Waals surface area contributed by atoms with E-state index in [1.165, 1.54) is 51.4 Å². The average Bonchev–Trinajstić information content (AvgIpc) is 2.95. The second kappa shape index (κ2) is 18.3. The quantitative estimate of drug-likeness (QED) is 0.0680. The van der Waals surface area contributed by atoms with Gasteiger partial charge in [0, 0.05) is 5.56 Å². The SMILES string of the molecule is Cc1c(C)c2c(c(C)c1OC(=O)CCC(=O)OC(C)(S)COC(C)(C)C)CCC(C)(CCCC(C)CCCC(C)CCCC(C)C)O2. The largest absolute Gasteiger partial charge is 0.487 e. The van der Waals surface area contributed by atoms with Crippen molar-refractivity contribution in [3.05, 3.63) is 22.3 Å². The smallest absolute Gasteiger partial charge is 0.311 e. The van der Waals surface area contributed by atoms with E-state index in [-0.39, 0.29) is 30.7 Å². The van der Waals surface area contributed by atoms with Gasteiger partial charge >= 0.3 is 11.9 Å². The lowest BCUT2D eigenvalue weighted by Crippen LogP contribution is -2.37. The molecule has 0 saturated carbocycles. The molecule has 270 valence electrons. The van der Waals surface area contributed by atoms with Gasteiger partial charge in [-0.05, 0) is 116 Å². The third-order valence-corrected chi connectivity index (χ3v) is 9.91. The van der Waals surface area contributed by atoms with E-state index in [1.807, 2.05) is 41.5 Å². The zero-order chi connectivity index (χ0) is 35.6. The van der Waals surface area contributed by atoms with Gasteiger partial charge in [-0.25, -0.2) is 0 Å². The summed E-state index contributed by atoms with van der Waals surface area (Å²) in [5, 5.41) is 0. The summed E-state index contributed by atoms with van der Waals surface area (Å²) < 4.78 is 23.8. The summed E-state index contributed by atoms with van der Waals surface area (Å²) in [6.45, 7) is 25.3. The van der Waals surface area contributed by atoms with Crippen LogP contribution < -0.4 is 9.47 Å². The number of ether oxygens (including phenoxy) is 4. The summed E-state index contributed by atoms with van der Waals surface area (Å²) in [6, 6.07) is 0. The molecule has 47 heavy (non-hydrogen) atoms. The van der Waals surface area contributed by atoms with E-state index in [4.69, 9.17) is 18.9 Å². The number of rotatable bonds is 19. The van der Waals surface area contributed by atoms with Crippen LogP contribution in [-0.4, -0.2) is 34.7 Å². The molecular weight excluding hydrogens is 609 g/mol. The van der Waals surface area contributed by atoms with Crippen LogP contribution in [0, 0.1) is 38.5 Å². The lowest BCUT2D eigenvalue weighted by Gasteiger charge is -2.38. The van der Waals surface area contributed by atoms with Crippen LogP contribution in [0.4, 0.5) is 0 Å². The van der Waals surface area contributed by atoms with Gasteiger partial charge < -0.3 is 18.9 Å². The van der Waals surface area contributed by atoms with Gasteiger partial charge in [0.15, 0.2) is 4.93 Å². The van der Waals surface area contributed by atoms with Crippen LogP contribution in [0.2, 0.25) is 0 Å². The maximum atomic E-state index is 12.9. The fourth-order valence-corrected chi connectivity index (χ4v) is 6.62. The van der Waals surface area contributed by atoms with Crippen molar-refractivity contribution >= 4 is 24.6 Å². The molecule has 0 N–H and O–H groups in total. The molecule has 1 aliphatic heterocycles. The minimum atomic E-state index is -1.09. The van der Waals surface area contributed by atoms with Crippen molar-refractivity contribution in [1.29, 1.82) is 0 Å². The second-order valence-electron chi connectivity index (χ2n) is 16.4. The van der Waals surface area contributed by atoms with Crippen molar-refractivity contribution < 1.29 is 28.5 Å². The highest BCUT2D eigenvalue weighted by molar-refractivity contribution is 7.81. The van der Waals surface area contributed by atoms with E-state index in [1.54, 1.807) is 6.92 Å². The topological polar surface area (TPSA) is 71.1 Å². The standard InChI is InChI=1S/C40H68O6S/c1-27(2)16-13-17-28(3)18-14-19-29(4)20-15-24-39(11)25-23-33-32(7)36(30(5)31(6)37(33)46-39)44-34(41)21-22-35(42)45-40(12,47)26-43-38(8,9)10/h27-29,47H,13-26H2,1-12H3. The predicted molar refractivity (Wildman–Crippen MR) is 197 cm³/mol. The molecule has 0 fully saturated rings. The van der Waals surface area contributed by atoms with Crippen LogP contribution in [0.1, 0.15) is 162 Å². The number of hydrogen-bond donors (Lipinski definition) is 1. The van der Waals surface area contributed by atoms with Gasteiger partial charge in [0.05, 0.1) is 25.0 Å². The number of esters is 2. The number of hydrogen-bond acceptors (Lipinski definition) is 7. The minimum Gasteiger partial charge on any atom is -0.487 e. The molecule has 0 aromatic heterocycles. The van der Waals surface area contributed by atoms with Gasteiger partial charge in [0.1, 0.15) is 17.1 Å². The number of carbonyl (C=O) groups excluding carboxylic acids is 2. The Balaban J connectivity index is 1.88. The fraction of sp³-hybridized carbons (Fsp3) is 0.800. The summed E-state index contributed by atoms with van der Waals surface area (Å²) in [4.78, 5) is 24.2. The van der Waals surface area contributed by atoms with Gasteiger partial charge in [-0.15, -0.1) is 12.6 Å². The molecule has 4 atom stereocenters. The molecular formula is C40H68O6S. The Morgan fingerprint density at radius 1 is 0.830 bits per heavy atom. The van der Waals surface area contributed by atoms with E-state index >= 15 is 0 Å². The Morgan fingerprint density at radius 2 is 1.38 bits per heavy atom. The van der Waals surface area contributed by atoms with Crippen molar-refractivity contribution in [2.24, 2.45) is 17.8 Å². The van der Waals surface area contributed by atoms with E-state index in [0.29, 0.717) is 5.75 Å². The van der Waals surface area contributed by atoms with Gasteiger partial charge in [0.2, 0.25) is 0 Å². The molecule has 1 aromatic carbocycles. The van der Waals surface area contributed by atoms with Crippen LogP contribution in [-0.2, 0) is 25.5 Å². The molecule has 1 heterocycles. The van der Waals surface area contributed by atoms with Crippen LogP contribution in [0.5, 0.6) is 11.5 Å². The zero-order valence-electron chi connectivity index (χ0n) is 32.0. The summed E-state index contributed by atoms with van der Waals surface area (Å²) in [5.74, 6) is 2.94. The van der Waals surface area contributed by atoms with E-state index in [0.717, 1.165) is 65.0 Å². The first-order valence-corrected chi connectivity index (χ1v) is 18.8. The molecule has 0 spiro atoms. The van der Waals surface area contributed by atoms with Crippen LogP contribution >= 0.6 is 12.6 Å². The first-order valence-electron chi connectivity index (χ1n) is 18.3. The Hall–Kier alpha value is -1.73. The molecule has 6 nitrogen and oxygen atoms in total. The van der Waals surface area contributed by atoms with Crippen molar-refractivity contribution in [2.45, 2.75) is 183 Å². The molecule has 7 heteroatoms. The highest BCUT2D eigenvalue weighted by Gasteiger charge is 2.35. The van der Waals surface area contributed by atoms with Crippen molar-refractivity contribution in [3.63, 3.8) is 0 Å². The Labute approximate surface area is 293 Å². The van der Waals surface area contributed by atoms with Gasteiger partial charge in [-0.3, -0.25) is 9.59 Å². The number of fused-ring (bicyclic) bond motifs is 1. The van der Waals surface area contributed by atoms with Crippen LogP contribution in [0.3, 0.4) is 0 Å². The Kier molecular flexibility index (Phi) is 16.2. The van der Waals surface area contributed by atoms with Crippen molar-refractivity contribution in [3.8, 4) is 11.5 Å². The Morgan fingerprint density at radius 3 is 1.96 bits per heavy atom. The molecule has 0 saturated heterocycles. The van der Waals surface area contributed by atoms with Crippen LogP contribution in [0.15, 0.2) is 0 Å². The normalized spacial score (nSPS) is 19.0. The van der Waals surface area contributed by atoms with Gasteiger partial charge in [-0.2, -0.15) is 0 Å². The van der Waals surface area contributed by atoms with Gasteiger partial charge in [-0.1, -0.05) is 72.6 Å². The molecule has 0 aliphatic carbocycles. The zero-order valence-corrected chi connectivity index (χ0v) is 32.9. The summed E-state index contributed by atoms with van der Waals surface area (Å²) in [7, 11) is 0. The van der Waals surface area contributed by atoms with E-state index < -0.39 is 16.9 Å². The van der Waals surface area contributed by atoms with Crippen molar-refractivity contribution in [2.75, 3.05) is 6.61 Å². The second-order valence-corrected chi connectivity index (χ2v) is 17.4. The summed E-state index contributed by atoms with van der Waals surface area (Å²) in [5.41, 5.74) is 3.40. The fourth-order valence-electron chi connectivity index (χ4n) is 6.46. The third-order valence-electron chi connectivity index (χ3n) is 9.69. The number of thiol groups is 1. The van der Waals surface area contributed by atoms with Crippen LogP contribution in [0.25, 0.3) is 0 Å². The molecule has 0 amide bonds. The predicted octanol–water partition coefficient (Wildman–Crippen LogP) is 10.8. The van der Waals surface area contributed by atoms with E-state index in [2.05, 4.69) is 47.2 Å². The maximum Gasteiger partial charge on any atom is 0.311 e. The lowest BCUT2D eigenvalue weighted by atomic mass is 9.83. The van der Waals surface area contributed by atoms with E-state index in [9.17, 15) is 9.59 Å². The molecule has 1 aromatic rings. The highest BCUT2D eigenvalue weighted by Crippen LogP contribution is 2.45. The minimum absolute atomic E-state index is 0.0812. The Bertz CT molecular complexity index is 1170. The van der Waals surface area contributed by atoms with Crippen molar-refractivity contribution in [1.82, 2.24) is 0 Å². The first kappa shape index (κ1) is 41.4. The molecule has 0 bridgehead atoms. The highest BCUT2D eigenvalue weighted by atomic mass is 32.1. The summed E-state index contributed by atoms with van der Waals surface area (Å²) in [6.07, 6.45) is 13.2. The maximum absolute atomic E-state index is 12.9. The number of benzene rings is 1. The van der Waals surface area contributed by atoms with Gasteiger partial charge in [0.25, 0.3) is 0 Å².